The first-order chi connectivity index (χ1) is 11.9. The second-order valence-corrected chi connectivity index (χ2v) is 9.86. The Kier molecular flexibility index (Phi) is 5.70. The zero-order valence-electron chi connectivity index (χ0n) is 15.9. The Morgan fingerprint density at radius 2 is 1.42 bits per heavy atom. The van der Waals surface area contributed by atoms with E-state index in [4.69, 9.17) is 0 Å². The molecule has 0 heterocycles. The highest BCUT2D eigenvalue weighted by Crippen LogP contribution is 2.54. The van der Waals surface area contributed by atoms with Crippen LogP contribution in [0, 0.1) is 41.4 Å². The molecule has 0 nitrogen and oxygen atoms in total. The predicted molar refractivity (Wildman–Crippen MR) is 104 cm³/mol. The monoisotopic (exact) mass is 328 g/mol. The molecule has 4 aliphatic rings. The third-order valence-corrected chi connectivity index (χ3v) is 8.82. The van der Waals surface area contributed by atoms with Crippen LogP contribution < -0.4 is 0 Å². The summed E-state index contributed by atoms with van der Waals surface area (Å²) < 4.78 is 0. The maximum Gasteiger partial charge on any atom is -0.0351 e. The van der Waals surface area contributed by atoms with Gasteiger partial charge in [-0.2, -0.15) is 0 Å². The van der Waals surface area contributed by atoms with Gasteiger partial charge >= 0.3 is 0 Å². The summed E-state index contributed by atoms with van der Waals surface area (Å²) in [4.78, 5) is 0. The van der Waals surface area contributed by atoms with Gasteiger partial charge in [0.25, 0.3) is 0 Å². The van der Waals surface area contributed by atoms with Crippen LogP contribution in [0.15, 0.2) is 12.7 Å². The Labute approximate surface area is 150 Å². The molecular weight excluding hydrogens is 288 g/mol. The van der Waals surface area contributed by atoms with Crippen LogP contribution in [0.1, 0.15) is 96.3 Å². The molecule has 0 aromatic rings. The van der Waals surface area contributed by atoms with Gasteiger partial charge in [0.05, 0.1) is 0 Å². The van der Waals surface area contributed by atoms with Crippen LogP contribution in [0.5, 0.6) is 0 Å². The summed E-state index contributed by atoms with van der Waals surface area (Å²) in [7, 11) is 0. The maximum absolute atomic E-state index is 4.04. The lowest BCUT2D eigenvalue weighted by Crippen LogP contribution is -2.28. The second-order valence-electron chi connectivity index (χ2n) is 9.86. The zero-order valence-corrected chi connectivity index (χ0v) is 15.9. The summed E-state index contributed by atoms with van der Waals surface area (Å²) in [5.41, 5.74) is 0. The minimum absolute atomic E-state index is 1.03. The molecule has 136 valence electrons. The highest BCUT2D eigenvalue weighted by Gasteiger charge is 2.43. The Bertz CT molecular complexity index is 410. The summed E-state index contributed by atoms with van der Waals surface area (Å²) >= 11 is 0. The van der Waals surface area contributed by atoms with Gasteiger partial charge in [-0.05, 0) is 99.2 Å². The van der Waals surface area contributed by atoms with Crippen LogP contribution in [-0.2, 0) is 0 Å². The van der Waals surface area contributed by atoms with Gasteiger partial charge in [0.1, 0.15) is 0 Å². The molecule has 7 atom stereocenters. The van der Waals surface area contributed by atoms with E-state index in [1.165, 1.54) is 38.5 Å². The molecule has 0 aromatic heterocycles. The summed E-state index contributed by atoms with van der Waals surface area (Å²) in [5, 5.41) is 0. The van der Waals surface area contributed by atoms with E-state index in [1.54, 1.807) is 57.8 Å². The fourth-order valence-electron chi connectivity index (χ4n) is 7.74. The average Bonchev–Trinajstić information content (AvgIpc) is 3.23. The lowest BCUT2D eigenvalue weighted by Gasteiger charge is -2.37. The molecule has 4 fully saturated rings. The molecule has 0 saturated heterocycles. The fourth-order valence-corrected chi connectivity index (χ4v) is 7.74. The molecule has 4 saturated carbocycles. The van der Waals surface area contributed by atoms with Gasteiger partial charge in [0.15, 0.2) is 0 Å². The highest BCUT2D eigenvalue weighted by atomic mass is 14.5. The SMILES string of the molecule is C=CCCC(CC1CCC2CCCCC21)C1CCC2CCCCC21. The topological polar surface area (TPSA) is 0 Å². The Morgan fingerprint density at radius 1 is 0.750 bits per heavy atom. The molecule has 4 aliphatic carbocycles. The Hall–Kier alpha value is -0.260. The Morgan fingerprint density at radius 3 is 2.21 bits per heavy atom. The zero-order chi connectivity index (χ0) is 16.4. The van der Waals surface area contributed by atoms with Crippen molar-refractivity contribution in [2.45, 2.75) is 96.3 Å². The van der Waals surface area contributed by atoms with E-state index in [-0.39, 0.29) is 0 Å². The minimum atomic E-state index is 1.03. The molecule has 0 N–H and O–H groups in total. The lowest BCUT2D eigenvalue weighted by molar-refractivity contribution is 0.131. The molecule has 0 spiro atoms. The minimum Gasteiger partial charge on any atom is -0.103 e. The maximum atomic E-state index is 4.04. The van der Waals surface area contributed by atoms with Crippen LogP contribution >= 0.6 is 0 Å². The summed E-state index contributed by atoms with van der Waals surface area (Å²) in [5.74, 6) is 7.66. The van der Waals surface area contributed by atoms with Gasteiger partial charge in [-0.25, -0.2) is 0 Å². The first-order valence-electron chi connectivity index (χ1n) is 11.5. The van der Waals surface area contributed by atoms with Crippen LogP contribution in [0.25, 0.3) is 0 Å². The number of hydrogen-bond acceptors (Lipinski definition) is 0. The van der Waals surface area contributed by atoms with Gasteiger partial charge in [-0.3, -0.25) is 0 Å². The molecule has 0 bridgehead atoms. The largest absolute Gasteiger partial charge is 0.103 e. The van der Waals surface area contributed by atoms with Crippen LogP contribution in [0.3, 0.4) is 0 Å². The molecule has 4 rings (SSSR count). The van der Waals surface area contributed by atoms with Crippen molar-refractivity contribution in [3.63, 3.8) is 0 Å². The van der Waals surface area contributed by atoms with Crippen LogP contribution in [0.4, 0.5) is 0 Å². The van der Waals surface area contributed by atoms with Crippen LogP contribution in [-0.4, -0.2) is 0 Å². The molecule has 24 heavy (non-hydrogen) atoms. The van der Waals surface area contributed by atoms with Crippen molar-refractivity contribution in [1.29, 1.82) is 0 Å². The van der Waals surface area contributed by atoms with E-state index < -0.39 is 0 Å². The lowest BCUT2D eigenvalue weighted by atomic mass is 9.68. The van der Waals surface area contributed by atoms with Crippen molar-refractivity contribution in [1.82, 2.24) is 0 Å². The normalized spacial score (nSPS) is 43.2. The van der Waals surface area contributed by atoms with Gasteiger partial charge in [-0.15, -0.1) is 6.58 Å². The fraction of sp³-hybridized carbons (Fsp3) is 0.917. The van der Waals surface area contributed by atoms with Crippen molar-refractivity contribution >= 4 is 0 Å². The van der Waals surface area contributed by atoms with E-state index in [0.717, 1.165) is 41.4 Å². The van der Waals surface area contributed by atoms with Gasteiger partial charge in [-0.1, -0.05) is 44.6 Å². The first-order valence-corrected chi connectivity index (χ1v) is 11.5. The van der Waals surface area contributed by atoms with Gasteiger partial charge < -0.3 is 0 Å². The quantitative estimate of drug-likeness (QED) is 0.446. The van der Waals surface area contributed by atoms with E-state index in [1.807, 2.05) is 0 Å². The van der Waals surface area contributed by atoms with Crippen molar-refractivity contribution in [2.24, 2.45) is 41.4 Å². The van der Waals surface area contributed by atoms with E-state index >= 15 is 0 Å². The van der Waals surface area contributed by atoms with Crippen molar-refractivity contribution in [3.05, 3.63) is 12.7 Å². The van der Waals surface area contributed by atoms with Gasteiger partial charge in [0.2, 0.25) is 0 Å². The average molecular weight is 329 g/mol. The third-order valence-electron chi connectivity index (χ3n) is 8.82. The van der Waals surface area contributed by atoms with Gasteiger partial charge in [0, 0.05) is 0 Å². The molecule has 7 unspecified atom stereocenters. The van der Waals surface area contributed by atoms with E-state index in [2.05, 4.69) is 12.7 Å². The summed E-state index contributed by atoms with van der Waals surface area (Å²) in [6.45, 7) is 4.04. The number of allylic oxidation sites excluding steroid dienone is 1. The molecule has 0 heteroatoms. The smallest absolute Gasteiger partial charge is 0.0351 e. The third kappa shape index (κ3) is 3.49. The van der Waals surface area contributed by atoms with Crippen molar-refractivity contribution in [2.75, 3.05) is 0 Å². The molecule has 0 amide bonds. The summed E-state index contributed by atoms with van der Waals surface area (Å²) in [6, 6.07) is 0. The van der Waals surface area contributed by atoms with Crippen molar-refractivity contribution < 1.29 is 0 Å². The summed E-state index contributed by atoms with van der Waals surface area (Å²) in [6.07, 6.45) is 25.1. The van der Waals surface area contributed by atoms with E-state index in [0.29, 0.717) is 0 Å². The Balaban J connectivity index is 1.42. The van der Waals surface area contributed by atoms with E-state index in [9.17, 15) is 0 Å². The highest BCUT2D eigenvalue weighted by molar-refractivity contribution is 4.94. The number of fused-ring (bicyclic) bond motifs is 2. The number of rotatable bonds is 6. The van der Waals surface area contributed by atoms with Crippen molar-refractivity contribution in [3.8, 4) is 0 Å². The molecule has 0 aliphatic heterocycles. The molecule has 0 radical (unpaired) electrons. The molecular formula is C24H40. The molecule has 0 aromatic carbocycles. The second kappa shape index (κ2) is 7.96. The first kappa shape index (κ1) is 17.2. The van der Waals surface area contributed by atoms with Crippen LogP contribution in [0.2, 0.25) is 0 Å². The predicted octanol–water partition coefficient (Wildman–Crippen LogP) is 7.39. The standard InChI is InChI=1S/C24H40/c1-2-3-8-20(24-16-15-19-10-5-7-12-23(19)24)17-21-14-13-18-9-4-6-11-22(18)21/h2,18-24H,1,3-17H2. The number of hydrogen-bond donors (Lipinski definition) is 0.